The van der Waals surface area contributed by atoms with Crippen molar-refractivity contribution in [3.63, 3.8) is 0 Å². The van der Waals surface area contributed by atoms with Crippen molar-refractivity contribution in [2.45, 2.75) is 0 Å². The molecule has 0 saturated carbocycles. The summed E-state index contributed by atoms with van der Waals surface area (Å²) in [6.07, 6.45) is 1.49. The number of halogens is 2. The van der Waals surface area contributed by atoms with Crippen molar-refractivity contribution in [3.05, 3.63) is 33.9 Å². The molecule has 0 atom stereocenters. The number of nitrogen functional groups attached to an aromatic ring is 1. The lowest BCUT2D eigenvalue weighted by atomic mass is 10.3. The standard InChI is InChI=1S/C8H6BrClN4/c9-6-3-5(1-2-7(6)10)14-12-4-8(11)13-14/h1-4H,(H2,11,13). The Morgan fingerprint density at radius 1 is 1.43 bits per heavy atom. The molecule has 4 nitrogen and oxygen atoms in total. The third-order valence-corrected chi connectivity index (χ3v) is 2.86. The molecule has 0 radical (unpaired) electrons. The van der Waals surface area contributed by atoms with Gasteiger partial charge in [-0.05, 0) is 34.1 Å². The third kappa shape index (κ3) is 1.73. The first-order valence-electron chi connectivity index (χ1n) is 3.80. The zero-order valence-corrected chi connectivity index (χ0v) is 9.33. The van der Waals surface area contributed by atoms with E-state index in [-0.39, 0.29) is 0 Å². The summed E-state index contributed by atoms with van der Waals surface area (Å²) in [4.78, 5) is 1.44. The number of aromatic nitrogens is 3. The number of rotatable bonds is 1. The Morgan fingerprint density at radius 3 is 2.79 bits per heavy atom. The van der Waals surface area contributed by atoms with Crippen LogP contribution in [0.3, 0.4) is 0 Å². The molecule has 1 heterocycles. The van der Waals surface area contributed by atoms with Crippen LogP contribution >= 0.6 is 27.5 Å². The van der Waals surface area contributed by atoms with Gasteiger partial charge in [-0.3, -0.25) is 0 Å². The van der Waals surface area contributed by atoms with Crippen LogP contribution in [0.5, 0.6) is 0 Å². The van der Waals surface area contributed by atoms with Gasteiger partial charge in [0.1, 0.15) is 0 Å². The zero-order valence-electron chi connectivity index (χ0n) is 6.98. The zero-order chi connectivity index (χ0) is 10.1. The van der Waals surface area contributed by atoms with E-state index in [1.54, 1.807) is 6.07 Å². The van der Waals surface area contributed by atoms with Crippen LogP contribution in [0.4, 0.5) is 5.82 Å². The molecule has 0 saturated heterocycles. The molecule has 0 spiro atoms. The Bertz CT molecular complexity index is 468. The monoisotopic (exact) mass is 272 g/mol. The van der Waals surface area contributed by atoms with Gasteiger partial charge >= 0.3 is 0 Å². The quantitative estimate of drug-likeness (QED) is 0.867. The van der Waals surface area contributed by atoms with Crippen molar-refractivity contribution >= 4 is 33.3 Å². The highest BCUT2D eigenvalue weighted by atomic mass is 79.9. The van der Waals surface area contributed by atoms with E-state index in [4.69, 9.17) is 17.3 Å². The molecule has 0 aliphatic heterocycles. The van der Waals surface area contributed by atoms with Crippen molar-refractivity contribution in [3.8, 4) is 5.69 Å². The Balaban J connectivity index is 2.47. The Morgan fingerprint density at radius 2 is 2.21 bits per heavy atom. The van der Waals surface area contributed by atoms with Crippen molar-refractivity contribution in [1.82, 2.24) is 15.0 Å². The number of benzene rings is 1. The smallest absolute Gasteiger partial charge is 0.166 e. The number of nitrogens with two attached hydrogens (primary N) is 1. The molecule has 0 unspecified atom stereocenters. The normalized spacial score (nSPS) is 10.4. The van der Waals surface area contributed by atoms with E-state index in [0.717, 1.165) is 10.2 Å². The Hall–Kier alpha value is -1.07. The second-order valence-corrected chi connectivity index (χ2v) is 3.92. The van der Waals surface area contributed by atoms with Crippen LogP contribution in [-0.4, -0.2) is 15.0 Å². The van der Waals surface area contributed by atoms with E-state index >= 15 is 0 Å². The second-order valence-electron chi connectivity index (χ2n) is 2.66. The third-order valence-electron chi connectivity index (χ3n) is 1.64. The van der Waals surface area contributed by atoms with E-state index in [2.05, 4.69) is 26.1 Å². The molecule has 0 amide bonds. The molecule has 0 fully saturated rings. The molecule has 72 valence electrons. The molecule has 1 aromatic carbocycles. The van der Waals surface area contributed by atoms with Crippen molar-refractivity contribution in [2.24, 2.45) is 0 Å². The topological polar surface area (TPSA) is 56.7 Å². The lowest BCUT2D eigenvalue weighted by Crippen LogP contribution is -1.99. The van der Waals surface area contributed by atoms with Gasteiger partial charge in [-0.1, -0.05) is 11.6 Å². The van der Waals surface area contributed by atoms with Crippen LogP contribution in [0.15, 0.2) is 28.9 Å². The predicted molar refractivity (Wildman–Crippen MR) is 58.5 cm³/mol. The van der Waals surface area contributed by atoms with E-state index in [1.165, 1.54) is 11.0 Å². The molecule has 6 heteroatoms. The summed E-state index contributed by atoms with van der Waals surface area (Å²) in [6.45, 7) is 0. The fourth-order valence-corrected chi connectivity index (χ4v) is 1.49. The summed E-state index contributed by atoms with van der Waals surface area (Å²) in [7, 11) is 0. The summed E-state index contributed by atoms with van der Waals surface area (Å²) in [5.41, 5.74) is 6.26. The van der Waals surface area contributed by atoms with Gasteiger partial charge < -0.3 is 5.73 Å². The minimum absolute atomic E-state index is 0.385. The average molecular weight is 274 g/mol. The first-order chi connectivity index (χ1) is 6.66. The highest BCUT2D eigenvalue weighted by Crippen LogP contribution is 2.24. The Labute approximate surface area is 93.8 Å². The van der Waals surface area contributed by atoms with Crippen LogP contribution in [0.25, 0.3) is 5.69 Å². The Kier molecular flexibility index (Phi) is 2.43. The van der Waals surface area contributed by atoms with Gasteiger partial charge in [0.15, 0.2) is 5.82 Å². The van der Waals surface area contributed by atoms with Crippen molar-refractivity contribution < 1.29 is 0 Å². The maximum absolute atomic E-state index is 5.85. The number of anilines is 1. The summed E-state index contributed by atoms with van der Waals surface area (Å²) in [6, 6.07) is 5.40. The second kappa shape index (κ2) is 3.59. The number of hydrogen-bond donors (Lipinski definition) is 1. The first kappa shape index (κ1) is 9.48. The summed E-state index contributed by atoms with van der Waals surface area (Å²) >= 11 is 9.17. The van der Waals surface area contributed by atoms with Crippen molar-refractivity contribution in [1.29, 1.82) is 0 Å². The minimum atomic E-state index is 0.385. The molecule has 0 bridgehead atoms. The summed E-state index contributed by atoms with van der Waals surface area (Å²) in [5, 5.41) is 8.59. The van der Waals surface area contributed by atoms with Crippen LogP contribution in [-0.2, 0) is 0 Å². The largest absolute Gasteiger partial charge is 0.381 e. The molecule has 2 N–H and O–H groups in total. The van der Waals surface area contributed by atoms with Gasteiger partial charge in [0, 0.05) is 4.47 Å². The molecular formula is C8H6BrClN4. The van der Waals surface area contributed by atoms with Gasteiger partial charge in [0.25, 0.3) is 0 Å². The van der Waals surface area contributed by atoms with Gasteiger partial charge in [-0.25, -0.2) is 0 Å². The first-order valence-corrected chi connectivity index (χ1v) is 4.97. The van der Waals surface area contributed by atoms with Crippen LogP contribution < -0.4 is 5.73 Å². The lowest BCUT2D eigenvalue weighted by Gasteiger charge is -2.00. The molecule has 0 aliphatic carbocycles. The van der Waals surface area contributed by atoms with E-state index < -0.39 is 0 Å². The molecule has 2 rings (SSSR count). The van der Waals surface area contributed by atoms with Gasteiger partial charge in [-0.15, -0.1) is 9.90 Å². The van der Waals surface area contributed by atoms with Gasteiger partial charge in [-0.2, -0.15) is 5.10 Å². The van der Waals surface area contributed by atoms with Crippen molar-refractivity contribution in [2.75, 3.05) is 5.73 Å². The fraction of sp³-hybridized carbons (Fsp3) is 0. The predicted octanol–water partition coefficient (Wildman–Crippen LogP) is 2.27. The lowest BCUT2D eigenvalue weighted by molar-refractivity contribution is 0.754. The summed E-state index contributed by atoms with van der Waals surface area (Å²) < 4.78 is 0.799. The van der Waals surface area contributed by atoms with Crippen LogP contribution in [0.1, 0.15) is 0 Å². The minimum Gasteiger partial charge on any atom is -0.381 e. The van der Waals surface area contributed by atoms with Crippen LogP contribution in [0.2, 0.25) is 5.02 Å². The van der Waals surface area contributed by atoms with Crippen LogP contribution in [0, 0.1) is 0 Å². The van der Waals surface area contributed by atoms with E-state index in [1.807, 2.05) is 12.1 Å². The maximum Gasteiger partial charge on any atom is 0.166 e. The molecule has 14 heavy (non-hydrogen) atoms. The van der Waals surface area contributed by atoms with Gasteiger partial charge in [0.2, 0.25) is 0 Å². The number of nitrogens with zero attached hydrogens (tertiary/aromatic N) is 3. The SMILES string of the molecule is Nc1cnn(-c2ccc(Cl)c(Br)c2)n1. The highest BCUT2D eigenvalue weighted by molar-refractivity contribution is 9.10. The molecular weight excluding hydrogens is 267 g/mol. The summed E-state index contributed by atoms with van der Waals surface area (Å²) in [5.74, 6) is 0.385. The molecule has 1 aromatic heterocycles. The molecule has 2 aromatic rings. The van der Waals surface area contributed by atoms with E-state index in [9.17, 15) is 0 Å². The maximum atomic E-state index is 5.85. The fourth-order valence-electron chi connectivity index (χ4n) is 1.01. The molecule has 0 aliphatic rings. The average Bonchev–Trinajstić information content (AvgIpc) is 2.57. The number of hydrogen-bond acceptors (Lipinski definition) is 3. The highest BCUT2D eigenvalue weighted by Gasteiger charge is 2.03. The van der Waals surface area contributed by atoms with E-state index in [0.29, 0.717) is 10.8 Å². The van der Waals surface area contributed by atoms with Gasteiger partial charge in [0.05, 0.1) is 16.9 Å².